The van der Waals surface area contributed by atoms with E-state index < -0.39 is 11.8 Å². The maximum atomic E-state index is 11.8. The molecule has 0 unspecified atom stereocenters. The Hall–Kier alpha value is -2.57. The monoisotopic (exact) mass is 263 g/mol. The van der Waals surface area contributed by atoms with E-state index in [1.807, 2.05) is 0 Å². The molecule has 7 heteroatoms. The van der Waals surface area contributed by atoms with Crippen molar-refractivity contribution < 1.29 is 14.4 Å². The second-order valence-electron chi connectivity index (χ2n) is 3.62. The number of aryl methyl sites for hydroxylation is 1. The van der Waals surface area contributed by atoms with Crippen LogP contribution in [0.3, 0.4) is 0 Å². The van der Waals surface area contributed by atoms with Crippen molar-refractivity contribution in [2.24, 2.45) is 0 Å². The second kappa shape index (κ2) is 5.38. The second-order valence-corrected chi connectivity index (χ2v) is 3.62. The van der Waals surface area contributed by atoms with Gasteiger partial charge in [0.05, 0.1) is 0 Å². The van der Waals surface area contributed by atoms with E-state index in [0.29, 0.717) is 22.7 Å². The average molecular weight is 263 g/mol. The molecule has 0 saturated carbocycles. The minimum absolute atomic E-state index is 0.337. The van der Waals surface area contributed by atoms with E-state index in [4.69, 9.17) is 9.57 Å². The van der Waals surface area contributed by atoms with Crippen LogP contribution in [0.25, 0.3) is 0 Å². The first kappa shape index (κ1) is 12.9. The van der Waals surface area contributed by atoms with Crippen molar-refractivity contribution in [2.45, 2.75) is 13.3 Å². The Morgan fingerprint density at radius 3 is 2.53 bits per heavy atom. The standard InChI is InChI=1S/C12H13N3O4/c1-3-10-13-14(11(16)15(10)18-2)12(17)19-9-7-5-4-6-8-9/h4-8H,3H2,1-2H3. The van der Waals surface area contributed by atoms with Gasteiger partial charge in [0, 0.05) is 6.42 Å². The molecule has 1 aromatic heterocycles. The zero-order valence-electron chi connectivity index (χ0n) is 10.6. The number of hydrogen-bond donors (Lipinski definition) is 0. The fraction of sp³-hybridized carbons (Fsp3) is 0.250. The predicted octanol–water partition coefficient (Wildman–Crippen LogP) is 0.713. The Bertz CT molecular complexity index is 630. The largest absolute Gasteiger partial charge is 0.444 e. The van der Waals surface area contributed by atoms with Gasteiger partial charge in [-0.1, -0.05) is 25.1 Å². The molecule has 0 aliphatic rings. The Morgan fingerprint density at radius 2 is 2.00 bits per heavy atom. The topological polar surface area (TPSA) is 75.4 Å². The molecule has 19 heavy (non-hydrogen) atoms. The zero-order chi connectivity index (χ0) is 13.8. The summed E-state index contributed by atoms with van der Waals surface area (Å²) in [5.41, 5.74) is -0.694. The van der Waals surface area contributed by atoms with Crippen LogP contribution in [0.4, 0.5) is 4.79 Å². The lowest BCUT2D eigenvalue weighted by atomic mass is 10.3. The molecule has 0 aliphatic heterocycles. The van der Waals surface area contributed by atoms with Crippen LogP contribution in [0.5, 0.6) is 5.75 Å². The molecule has 1 aromatic carbocycles. The predicted molar refractivity (Wildman–Crippen MR) is 66.2 cm³/mol. The molecular formula is C12H13N3O4. The third-order valence-corrected chi connectivity index (χ3v) is 2.42. The van der Waals surface area contributed by atoms with Crippen LogP contribution in [0.2, 0.25) is 0 Å². The summed E-state index contributed by atoms with van der Waals surface area (Å²) >= 11 is 0. The molecule has 0 aliphatic carbocycles. The molecule has 2 aromatic rings. The van der Waals surface area contributed by atoms with E-state index in [9.17, 15) is 9.59 Å². The molecule has 0 saturated heterocycles. The SMILES string of the molecule is CCc1nn(C(=O)Oc2ccccc2)c(=O)n1OC. The summed E-state index contributed by atoms with van der Waals surface area (Å²) in [4.78, 5) is 28.6. The van der Waals surface area contributed by atoms with Crippen LogP contribution in [0.15, 0.2) is 35.1 Å². The normalized spacial score (nSPS) is 10.2. The third kappa shape index (κ3) is 2.49. The average Bonchev–Trinajstić information content (AvgIpc) is 2.76. The summed E-state index contributed by atoms with van der Waals surface area (Å²) in [5, 5.41) is 3.86. The van der Waals surface area contributed by atoms with Gasteiger partial charge >= 0.3 is 11.8 Å². The van der Waals surface area contributed by atoms with Gasteiger partial charge in [0.1, 0.15) is 12.9 Å². The van der Waals surface area contributed by atoms with Gasteiger partial charge in [-0.15, -0.1) is 14.5 Å². The van der Waals surface area contributed by atoms with Gasteiger partial charge in [-0.2, -0.15) is 0 Å². The van der Waals surface area contributed by atoms with E-state index in [1.54, 1.807) is 37.3 Å². The van der Waals surface area contributed by atoms with Gasteiger partial charge in [0.25, 0.3) is 0 Å². The van der Waals surface area contributed by atoms with Gasteiger partial charge in [-0.25, -0.2) is 9.59 Å². The number of benzene rings is 1. The summed E-state index contributed by atoms with van der Waals surface area (Å²) in [6.45, 7) is 1.80. The van der Waals surface area contributed by atoms with Crippen LogP contribution < -0.4 is 15.3 Å². The number of aromatic nitrogens is 3. The van der Waals surface area contributed by atoms with Crippen LogP contribution in [-0.2, 0) is 6.42 Å². The first-order valence-corrected chi connectivity index (χ1v) is 5.70. The first-order chi connectivity index (χ1) is 9.17. The van der Waals surface area contributed by atoms with Crippen molar-refractivity contribution in [3.05, 3.63) is 46.6 Å². The molecule has 7 nitrogen and oxygen atoms in total. The summed E-state index contributed by atoms with van der Waals surface area (Å²) in [5.74, 6) is 0.682. The summed E-state index contributed by atoms with van der Waals surface area (Å²) in [7, 11) is 1.33. The van der Waals surface area contributed by atoms with Crippen molar-refractivity contribution in [3.63, 3.8) is 0 Å². The number of hydrogen-bond acceptors (Lipinski definition) is 5. The van der Waals surface area contributed by atoms with Crippen molar-refractivity contribution >= 4 is 6.09 Å². The maximum absolute atomic E-state index is 11.8. The Balaban J connectivity index is 2.30. The number of carbonyl (C=O) groups is 1. The van der Waals surface area contributed by atoms with Gasteiger partial charge in [-0.05, 0) is 12.1 Å². The van der Waals surface area contributed by atoms with E-state index in [0.717, 1.165) is 4.73 Å². The van der Waals surface area contributed by atoms with E-state index in [1.165, 1.54) is 7.11 Å². The van der Waals surface area contributed by atoms with Crippen LogP contribution in [0.1, 0.15) is 12.7 Å². The van der Waals surface area contributed by atoms with Gasteiger partial charge in [0.15, 0.2) is 5.82 Å². The highest BCUT2D eigenvalue weighted by Gasteiger charge is 2.19. The Kier molecular flexibility index (Phi) is 3.65. The highest BCUT2D eigenvalue weighted by molar-refractivity contribution is 5.71. The van der Waals surface area contributed by atoms with Crippen molar-refractivity contribution in [1.82, 2.24) is 14.5 Å². The quantitative estimate of drug-likeness (QED) is 0.815. The summed E-state index contributed by atoms with van der Waals surface area (Å²) in [6, 6.07) is 8.44. The summed E-state index contributed by atoms with van der Waals surface area (Å²) < 4.78 is 6.62. The van der Waals surface area contributed by atoms with E-state index >= 15 is 0 Å². The van der Waals surface area contributed by atoms with Crippen molar-refractivity contribution in [2.75, 3.05) is 7.11 Å². The minimum atomic E-state index is -0.873. The molecule has 0 atom stereocenters. The third-order valence-electron chi connectivity index (χ3n) is 2.42. The van der Waals surface area contributed by atoms with Crippen LogP contribution in [-0.4, -0.2) is 27.7 Å². The molecule has 0 amide bonds. The van der Waals surface area contributed by atoms with Crippen molar-refractivity contribution in [1.29, 1.82) is 0 Å². The van der Waals surface area contributed by atoms with Crippen molar-refractivity contribution in [3.8, 4) is 5.75 Å². The van der Waals surface area contributed by atoms with Gasteiger partial charge in [-0.3, -0.25) is 0 Å². The van der Waals surface area contributed by atoms with Gasteiger partial charge < -0.3 is 9.57 Å². The Labute approximate surface area is 108 Å². The fourth-order valence-electron chi connectivity index (χ4n) is 1.54. The lowest BCUT2D eigenvalue weighted by Crippen LogP contribution is -2.34. The van der Waals surface area contributed by atoms with E-state index in [-0.39, 0.29) is 0 Å². The van der Waals surface area contributed by atoms with Crippen LogP contribution in [0, 0.1) is 0 Å². The summed E-state index contributed by atoms with van der Waals surface area (Å²) in [6.07, 6.45) is -0.420. The molecule has 0 bridgehead atoms. The van der Waals surface area contributed by atoms with Gasteiger partial charge in [0.2, 0.25) is 0 Å². The molecule has 0 radical (unpaired) electrons. The minimum Gasteiger partial charge on any atom is -0.411 e. The number of rotatable bonds is 3. The molecule has 0 N–H and O–H groups in total. The zero-order valence-corrected chi connectivity index (χ0v) is 10.6. The molecule has 1 heterocycles. The first-order valence-electron chi connectivity index (χ1n) is 5.70. The number of nitrogens with zero attached hydrogens (tertiary/aromatic N) is 3. The molecular weight excluding hydrogens is 250 g/mol. The number of ether oxygens (including phenoxy) is 1. The molecule has 2 rings (SSSR count). The van der Waals surface area contributed by atoms with E-state index in [2.05, 4.69) is 5.10 Å². The molecule has 0 fully saturated rings. The maximum Gasteiger partial charge on any atom is 0.444 e. The molecule has 100 valence electrons. The number of carbonyl (C=O) groups excluding carboxylic acids is 1. The molecule has 0 spiro atoms. The lowest BCUT2D eigenvalue weighted by molar-refractivity contribution is 0.146. The lowest BCUT2D eigenvalue weighted by Gasteiger charge is -2.01. The highest BCUT2D eigenvalue weighted by Crippen LogP contribution is 2.08. The Morgan fingerprint density at radius 1 is 1.32 bits per heavy atom. The highest BCUT2D eigenvalue weighted by atomic mass is 16.7. The fourth-order valence-corrected chi connectivity index (χ4v) is 1.54. The number of para-hydroxylation sites is 1. The smallest absolute Gasteiger partial charge is 0.411 e. The van der Waals surface area contributed by atoms with Crippen LogP contribution >= 0.6 is 0 Å².